The van der Waals surface area contributed by atoms with Gasteiger partial charge in [-0.25, -0.2) is 9.68 Å². The Hall–Kier alpha value is -0.950. The van der Waals surface area contributed by atoms with Crippen LogP contribution in [-0.4, -0.2) is 12.1 Å². The number of rotatable bonds is 3. The zero-order chi connectivity index (χ0) is 15.1. The third-order valence-electron chi connectivity index (χ3n) is 4.24. The van der Waals surface area contributed by atoms with E-state index in [4.69, 9.17) is 34.7 Å². The van der Waals surface area contributed by atoms with Gasteiger partial charge in [-0.1, -0.05) is 45.4 Å². The third kappa shape index (κ3) is 2.26. The van der Waals surface area contributed by atoms with Gasteiger partial charge in [0, 0.05) is 16.9 Å². The van der Waals surface area contributed by atoms with Gasteiger partial charge in [0.25, 0.3) is 0 Å². The van der Waals surface area contributed by atoms with Gasteiger partial charge in [0.1, 0.15) is 11.9 Å². The molecule has 1 aromatic carbocycles. The maximum Gasteiger partial charge on any atom is 0.205 e. The molecule has 20 heavy (non-hydrogen) atoms. The van der Waals surface area contributed by atoms with Crippen LogP contribution in [0.3, 0.4) is 0 Å². The van der Waals surface area contributed by atoms with Gasteiger partial charge in [0.2, 0.25) is 5.69 Å². The summed E-state index contributed by atoms with van der Waals surface area (Å²) in [5.74, 6) is 0.682. The van der Waals surface area contributed by atoms with Gasteiger partial charge in [-0.05, 0) is 23.9 Å². The van der Waals surface area contributed by atoms with Gasteiger partial charge >= 0.3 is 0 Å². The van der Waals surface area contributed by atoms with Crippen LogP contribution in [0.2, 0.25) is 5.02 Å². The van der Waals surface area contributed by atoms with Crippen molar-refractivity contribution in [2.45, 2.75) is 39.8 Å². The van der Waals surface area contributed by atoms with Gasteiger partial charge in [0.15, 0.2) is 0 Å². The van der Waals surface area contributed by atoms with Crippen LogP contribution in [0.15, 0.2) is 18.2 Å². The molecule has 0 amide bonds. The minimum absolute atomic E-state index is 0.0149. The molecule has 108 valence electrons. The summed E-state index contributed by atoms with van der Waals surface area (Å²) in [4.78, 5) is 6.20. The molecule has 1 aliphatic rings. The molecule has 1 aromatic rings. The van der Waals surface area contributed by atoms with E-state index in [0.29, 0.717) is 16.5 Å². The summed E-state index contributed by atoms with van der Waals surface area (Å²) in [6.07, 6.45) is 0.0149. The van der Waals surface area contributed by atoms with Gasteiger partial charge < -0.3 is 4.74 Å². The molecular formula is C15H18Cl2N2O. The molecule has 0 spiro atoms. The molecule has 1 fully saturated rings. The van der Waals surface area contributed by atoms with Crippen LogP contribution >= 0.6 is 23.4 Å². The molecule has 0 aliphatic heterocycles. The van der Waals surface area contributed by atoms with Crippen molar-refractivity contribution >= 4 is 29.1 Å². The first-order chi connectivity index (χ1) is 9.25. The van der Waals surface area contributed by atoms with E-state index in [1.54, 1.807) is 18.2 Å². The number of nitrogens with one attached hydrogen (secondary N) is 1. The Bertz CT molecular complexity index is 547. The third-order valence-corrected chi connectivity index (χ3v) is 4.76. The van der Waals surface area contributed by atoms with Gasteiger partial charge in [-0.2, -0.15) is 0 Å². The van der Waals surface area contributed by atoms with Crippen molar-refractivity contribution in [3.8, 4) is 5.75 Å². The monoisotopic (exact) mass is 312 g/mol. The average molecular weight is 313 g/mol. The predicted molar refractivity (Wildman–Crippen MR) is 82.5 cm³/mol. The molecule has 0 saturated heterocycles. The van der Waals surface area contributed by atoms with Crippen LogP contribution < -0.4 is 9.57 Å². The quantitative estimate of drug-likeness (QED) is 0.639. The SMILES string of the molecule is [C-]#[N+]c1ccc(OC2C(C)(C)C(NCl)C2(C)C)cc1Cl. The molecule has 1 N–H and O–H groups in total. The lowest BCUT2D eigenvalue weighted by atomic mass is 9.50. The van der Waals surface area contributed by atoms with Crippen molar-refractivity contribution < 1.29 is 4.74 Å². The summed E-state index contributed by atoms with van der Waals surface area (Å²) in [5.41, 5.74) is 0.262. The van der Waals surface area contributed by atoms with Crippen molar-refractivity contribution in [2.75, 3.05) is 0 Å². The normalized spacial score (nSPS) is 26.4. The van der Waals surface area contributed by atoms with E-state index in [0.717, 1.165) is 0 Å². The summed E-state index contributed by atoms with van der Waals surface area (Å²) in [6, 6.07) is 5.33. The Morgan fingerprint density at radius 1 is 1.25 bits per heavy atom. The Morgan fingerprint density at radius 2 is 1.85 bits per heavy atom. The first-order valence-corrected chi connectivity index (χ1v) is 7.20. The van der Waals surface area contributed by atoms with E-state index < -0.39 is 0 Å². The van der Waals surface area contributed by atoms with E-state index in [-0.39, 0.29) is 23.0 Å². The number of ether oxygens (including phenoxy) is 1. The number of nitrogens with zero attached hydrogens (tertiary/aromatic N) is 1. The van der Waals surface area contributed by atoms with Crippen molar-refractivity contribution in [2.24, 2.45) is 10.8 Å². The van der Waals surface area contributed by atoms with Crippen molar-refractivity contribution in [1.29, 1.82) is 0 Å². The summed E-state index contributed by atoms with van der Waals surface area (Å²) in [7, 11) is 0. The molecule has 0 heterocycles. The standard InChI is InChI=1S/C15H18Cl2N2O/c1-14(2)12(19-17)15(3,4)13(14)20-9-6-7-11(18-5)10(16)8-9/h6-8,12-13,19H,1-4H3. The first kappa shape index (κ1) is 15.4. The maximum absolute atomic E-state index is 7.00. The lowest BCUT2D eigenvalue weighted by Crippen LogP contribution is -2.72. The van der Waals surface area contributed by atoms with E-state index in [9.17, 15) is 0 Å². The molecule has 2 rings (SSSR count). The highest BCUT2D eigenvalue weighted by Gasteiger charge is 2.63. The maximum atomic E-state index is 7.00. The van der Waals surface area contributed by atoms with E-state index in [1.807, 2.05) is 0 Å². The molecule has 0 atom stereocenters. The summed E-state index contributed by atoms with van der Waals surface area (Å²) >= 11 is 11.9. The number of halogens is 2. The van der Waals surface area contributed by atoms with Crippen molar-refractivity contribution in [3.05, 3.63) is 34.6 Å². The highest BCUT2D eigenvalue weighted by Crippen LogP contribution is 2.55. The second-order valence-electron chi connectivity index (χ2n) is 6.41. The fourth-order valence-corrected chi connectivity index (χ4v) is 4.27. The minimum atomic E-state index is -0.0871. The molecule has 1 aliphatic carbocycles. The summed E-state index contributed by atoms with van der Waals surface area (Å²) in [5, 5.41) is 0.416. The molecule has 3 nitrogen and oxygen atoms in total. The second kappa shape index (κ2) is 5.11. The lowest BCUT2D eigenvalue weighted by Gasteiger charge is -2.62. The number of benzene rings is 1. The second-order valence-corrected chi connectivity index (χ2v) is 7.03. The van der Waals surface area contributed by atoms with Crippen LogP contribution in [0.5, 0.6) is 5.75 Å². The molecule has 0 unspecified atom stereocenters. The lowest BCUT2D eigenvalue weighted by molar-refractivity contribution is -0.161. The Morgan fingerprint density at radius 3 is 2.30 bits per heavy atom. The van der Waals surface area contributed by atoms with E-state index >= 15 is 0 Å². The van der Waals surface area contributed by atoms with Gasteiger partial charge in [0.05, 0.1) is 11.6 Å². The van der Waals surface area contributed by atoms with E-state index in [1.165, 1.54) is 0 Å². The highest BCUT2D eigenvalue weighted by atomic mass is 35.5. The highest BCUT2D eigenvalue weighted by molar-refractivity contribution is 6.33. The molecule has 5 heteroatoms. The zero-order valence-electron chi connectivity index (χ0n) is 12.0. The molecule has 0 aromatic heterocycles. The molecule has 1 saturated carbocycles. The fraction of sp³-hybridized carbons (Fsp3) is 0.533. The van der Waals surface area contributed by atoms with E-state index in [2.05, 4.69) is 37.4 Å². The van der Waals surface area contributed by atoms with Crippen LogP contribution in [-0.2, 0) is 0 Å². The largest absolute Gasteiger partial charge is 0.489 e. The smallest absolute Gasteiger partial charge is 0.205 e. The Labute approximate surface area is 130 Å². The zero-order valence-corrected chi connectivity index (χ0v) is 13.5. The van der Waals surface area contributed by atoms with Crippen LogP contribution in [0, 0.1) is 17.4 Å². The Kier molecular flexibility index (Phi) is 3.94. The molecular weight excluding hydrogens is 295 g/mol. The predicted octanol–water partition coefficient (Wildman–Crippen LogP) is 4.82. The number of hydrogen-bond acceptors (Lipinski definition) is 2. The van der Waals surface area contributed by atoms with Gasteiger partial charge in [-0.15, -0.1) is 0 Å². The average Bonchev–Trinajstić information content (AvgIpc) is 2.35. The fourth-order valence-electron chi connectivity index (χ4n) is 3.50. The van der Waals surface area contributed by atoms with Crippen molar-refractivity contribution in [1.82, 2.24) is 4.84 Å². The van der Waals surface area contributed by atoms with Crippen LogP contribution in [0.25, 0.3) is 4.85 Å². The Balaban J connectivity index is 2.23. The summed E-state index contributed by atoms with van der Waals surface area (Å²) < 4.78 is 6.11. The summed E-state index contributed by atoms with van der Waals surface area (Å²) in [6.45, 7) is 15.5. The topological polar surface area (TPSA) is 25.6 Å². The van der Waals surface area contributed by atoms with Crippen LogP contribution in [0.4, 0.5) is 5.69 Å². The molecule has 0 bridgehead atoms. The van der Waals surface area contributed by atoms with Crippen molar-refractivity contribution in [3.63, 3.8) is 0 Å². The number of hydrogen-bond donors (Lipinski definition) is 1. The molecule has 0 radical (unpaired) electrons. The first-order valence-electron chi connectivity index (χ1n) is 6.45. The minimum Gasteiger partial charge on any atom is -0.489 e. The van der Waals surface area contributed by atoms with Crippen LogP contribution in [0.1, 0.15) is 27.7 Å². The van der Waals surface area contributed by atoms with Gasteiger partial charge in [-0.3, -0.25) is 0 Å².